The van der Waals surface area contributed by atoms with Crippen LogP contribution in [0.25, 0.3) is 11.3 Å². The summed E-state index contributed by atoms with van der Waals surface area (Å²) in [6.07, 6.45) is 3.58. The Labute approximate surface area is 143 Å². The second-order valence-corrected chi connectivity index (χ2v) is 6.58. The molecule has 6 nitrogen and oxygen atoms in total. The van der Waals surface area contributed by atoms with Gasteiger partial charge in [0.15, 0.2) is 0 Å². The van der Waals surface area contributed by atoms with Crippen molar-refractivity contribution in [2.24, 2.45) is 0 Å². The van der Waals surface area contributed by atoms with E-state index < -0.39 is 0 Å². The van der Waals surface area contributed by atoms with E-state index in [-0.39, 0.29) is 18.0 Å². The van der Waals surface area contributed by atoms with Gasteiger partial charge in [-0.2, -0.15) is 0 Å². The minimum absolute atomic E-state index is 0.113. The van der Waals surface area contributed by atoms with E-state index in [1.807, 2.05) is 10.7 Å². The van der Waals surface area contributed by atoms with Crippen molar-refractivity contribution in [1.29, 1.82) is 0 Å². The van der Waals surface area contributed by atoms with Crippen LogP contribution in [0.4, 0.5) is 4.39 Å². The highest BCUT2D eigenvalue weighted by atomic mass is 19.1. The molecule has 2 atom stereocenters. The second-order valence-electron chi connectivity index (χ2n) is 6.58. The molecular formula is C18H17FN4O2. The number of hydrogen-bond donors (Lipinski definition) is 0. The Bertz CT molecular complexity index is 875. The summed E-state index contributed by atoms with van der Waals surface area (Å²) >= 11 is 0. The summed E-state index contributed by atoms with van der Waals surface area (Å²) in [5.41, 5.74) is 3.74. The molecule has 25 heavy (non-hydrogen) atoms. The lowest BCUT2D eigenvalue weighted by Crippen LogP contribution is -2.32. The van der Waals surface area contributed by atoms with Crippen molar-refractivity contribution in [1.82, 2.24) is 19.9 Å². The lowest BCUT2D eigenvalue weighted by atomic mass is 10.1. The van der Waals surface area contributed by atoms with Crippen LogP contribution in [0, 0.1) is 5.82 Å². The first-order chi connectivity index (χ1) is 12.3. The van der Waals surface area contributed by atoms with Gasteiger partial charge in [0.05, 0.1) is 37.0 Å². The molecule has 5 rings (SSSR count). The summed E-state index contributed by atoms with van der Waals surface area (Å²) in [6, 6.07) is 8.47. The molecule has 7 heteroatoms. The Morgan fingerprint density at radius 2 is 2.04 bits per heavy atom. The van der Waals surface area contributed by atoms with Crippen LogP contribution in [-0.4, -0.2) is 39.1 Å². The SMILES string of the molecule is Fc1ccc(-c2nnn3c2CO[C@H]2CN(Cc4ccoc4)C[C@@H]23)cc1. The van der Waals surface area contributed by atoms with Crippen LogP contribution < -0.4 is 0 Å². The van der Waals surface area contributed by atoms with E-state index in [0.29, 0.717) is 6.61 Å². The summed E-state index contributed by atoms with van der Waals surface area (Å²) in [7, 11) is 0. The standard InChI is InChI=1S/C18H17FN4O2/c19-14-3-1-13(2-4-14)18-16-11-25-17-9-22(7-12-5-6-24-10-12)8-15(17)23(16)21-20-18/h1-6,10,15,17H,7-9,11H2/t15-,17-/m0/s1. The third kappa shape index (κ3) is 2.56. The van der Waals surface area contributed by atoms with Crippen LogP contribution in [0.3, 0.4) is 0 Å². The average molecular weight is 340 g/mol. The van der Waals surface area contributed by atoms with Crippen molar-refractivity contribution in [3.05, 3.63) is 59.9 Å². The first kappa shape index (κ1) is 14.8. The van der Waals surface area contributed by atoms with Gasteiger partial charge in [-0.25, -0.2) is 9.07 Å². The fraction of sp³-hybridized carbons (Fsp3) is 0.333. The normalized spacial score (nSPS) is 22.8. The van der Waals surface area contributed by atoms with Crippen LogP contribution in [0.2, 0.25) is 0 Å². The summed E-state index contributed by atoms with van der Waals surface area (Å²) in [4.78, 5) is 2.34. The van der Waals surface area contributed by atoms with E-state index >= 15 is 0 Å². The lowest BCUT2D eigenvalue weighted by molar-refractivity contribution is -0.00494. The molecular weight excluding hydrogens is 323 g/mol. The number of aromatic nitrogens is 3. The minimum atomic E-state index is -0.258. The number of fused-ring (bicyclic) bond motifs is 3. The predicted octanol–water partition coefficient (Wildman–Crippen LogP) is 2.63. The van der Waals surface area contributed by atoms with Gasteiger partial charge in [-0.05, 0) is 30.3 Å². The molecule has 1 fully saturated rings. The molecule has 0 amide bonds. The quantitative estimate of drug-likeness (QED) is 0.734. The number of halogens is 1. The van der Waals surface area contributed by atoms with Crippen molar-refractivity contribution in [2.45, 2.75) is 25.3 Å². The number of ether oxygens (including phenoxy) is 1. The van der Waals surface area contributed by atoms with E-state index in [1.54, 1.807) is 24.7 Å². The molecule has 4 heterocycles. The smallest absolute Gasteiger partial charge is 0.123 e. The summed E-state index contributed by atoms with van der Waals surface area (Å²) < 4.78 is 26.4. The highest BCUT2D eigenvalue weighted by Gasteiger charge is 2.40. The number of nitrogens with zero attached hydrogens (tertiary/aromatic N) is 4. The fourth-order valence-electron chi connectivity index (χ4n) is 3.73. The molecule has 2 aliphatic heterocycles. The zero-order valence-electron chi connectivity index (χ0n) is 13.5. The van der Waals surface area contributed by atoms with Gasteiger partial charge < -0.3 is 9.15 Å². The number of rotatable bonds is 3. The monoisotopic (exact) mass is 340 g/mol. The van der Waals surface area contributed by atoms with E-state index in [9.17, 15) is 4.39 Å². The van der Waals surface area contributed by atoms with Gasteiger partial charge >= 0.3 is 0 Å². The maximum absolute atomic E-state index is 13.2. The van der Waals surface area contributed by atoms with Gasteiger partial charge in [-0.3, -0.25) is 4.90 Å². The third-order valence-electron chi connectivity index (χ3n) is 4.96. The molecule has 128 valence electrons. The Morgan fingerprint density at radius 3 is 2.84 bits per heavy atom. The molecule has 0 radical (unpaired) electrons. The number of likely N-dealkylation sites (tertiary alicyclic amines) is 1. The molecule has 0 spiro atoms. The largest absolute Gasteiger partial charge is 0.472 e. The topological polar surface area (TPSA) is 56.3 Å². The maximum atomic E-state index is 13.2. The Hall–Kier alpha value is -2.51. The lowest BCUT2D eigenvalue weighted by Gasteiger charge is -2.26. The third-order valence-corrected chi connectivity index (χ3v) is 4.96. The van der Waals surface area contributed by atoms with Crippen molar-refractivity contribution < 1.29 is 13.5 Å². The van der Waals surface area contributed by atoms with Gasteiger partial charge in [0.2, 0.25) is 0 Å². The van der Waals surface area contributed by atoms with Crippen molar-refractivity contribution in [2.75, 3.05) is 13.1 Å². The summed E-state index contributed by atoms with van der Waals surface area (Å²) in [5, 5.41) is 8.71. The van der Waals surface area contributed by atoms with Crippen LogP contribution in [0.1, 0.15) is 17.3 Å². The first-order valence-corrected chi connectivity index (χ1v) is 8.33. The van der Waals surface area contributed by atoms with Crippen LogP contribution in [0.15, 0.2) is 47.3 Å². The van der Waals surface area contributed by atoms with Gasteiger partial charge in [-0.15, -0.1) is 5.10 Å². The van der Waals surface area contributed by atoms with Crippen LogP contribution in [-0.2, 0) is 17.9 Å². The van der Waals surface area contributed by atoms with E-state index in [2.05, 4.69) is 15.2 Å². The zero-order valence-corrected chi connectivity index (χ0v) is 13.5. The van der Waals surface area contributed by atoms with Gasteiger partial charge in [-0.1, -0.05) is 5.21 Å². The summed E-state index contributed by atoms with van der Waals surface area (Å²) in [5.74, 6) is -0.258. The fourth-order valence-corrected chi connectivity index (χ4v) is 3.73. The zero-order chi connectivity index (χ0) is 16.8. The van der Waals surface area contributed by atoms with E-state index in [0.717, 1.165) is 42.1 Å². The highest BCUT2D eigenvalue weighted by molar-refractivity contribution is 5.61. The van der Waals surface area contributed by atoms with Gasteiger partial charge in [0.1, 0.15) is 11.5 Å². The first-order valence-electron chi connectivity index (χ1n) is 8.33. The Balaban J connectivity index is 1.41. The van der Waals surface area contributed by atoms with Crippen molar-refractivity contribution in [3.8, 4) is 11.3 Å². The molecule has 0 bridgehead atoms. The van der Waals surface area contributed by atoms with E-state index in [1.165, 1.54) is 12.1 Å². The number of benzene rings is 1. The molecule has 2 aliphatic rings. The molecule has 0 N–H and O–H groups in total. The van der Waals surface area contributed by atoms with Crippen molar-refractivity contribution >= 4 is 0 Å². The number of furan rings is 1. The summed E-state index contributed by atoms with van der Waals surface area (Å²) in [6.45, 7) is 3.03. The molecule has 0 aliphatic carbocycles. The van der Waals surface area contributed by atoms with E-state index in [4.69, 9.17) is 9.15 Å². The van der Waals surface area contributed by atoms with Gasteiger partial charge in [0.25, 0.3) is 0 Å². The minimum Gasteiger partial charge on any atom is -0.472 e. The molecule has 0 saturated carbocycles. The van der Waals surface area contributed by atoms with Gasteiger partial charge in [0, 0.05) is 30.8 Å². The van der Waals surface area contributed by atoms with Crippen molar-refractivity contribution in [3.63, 3.8) is 0 Å². The molecule has 0 unspecified atom stereocenters. The Morgan fingerprint density at radius 1 is 1.16 bits per heavy atom. The predicted molar refractivity (Wildman–Crippen MR) is 87.0 cm³/mol. The number of hydrogen-bond acceptors (Lipinski definition) is 5. The average Bonchev–Trinajstić information content (AvgIpc) is 3.33. The molecule has 1 aromatic carbocycles. The molecule has 2 aromatic heterocycles. The maximum Gasteiger partial charge on any atom is 0.123 e. The van der Waals surface area contributed by atoms with Crippen LogP contribution >= 0.6 is 0 Å². The second kappa shape index (κ2) is 5.79. The van der Waals surface area contributed by atoms with Crippen LogP contribution in [0.5, 0.6) is 0 Å². The molecule has 3 aromatic rings. The highest BCUT2D eigenvalue weighted by Crippen LogP contribution is 2.34. The Kier molecular flexibility index (Phi) is 3.43. The molecule has 1 saturated heterocycles.